The fraction of sp³-hybridized carbons (Fsp3) is 0.125. The Labute approximate surface area is 149 Å². The average Bonchev–Trinajstić information content (AvgIpc) is 2.89. The van der Waals surface area contributed by atoms with E-state index in [-0.39, 0.29) is 23.2 Å². The van der Waals surface area contributed by atoms with Crippen molar-refractivity contribution in [2.24, 2.45) is 7.05 Å². The van der Waals surface area contributed by atoms with Crippen molar-refractivity contribution in [1.82, 2.24) is 14.8 Å². The van der Waals surface area contributed by atoms with Crippen molar-refractivity contribution >= 4 is 35.6 Å². The van der Waals surface area contributed by atoms with Gasteiger partial charge in [-0.05, 0) is 42.5 Å². The molecule has 0 saturated heterocycles. The maximum atomic E-state index is 13.2. The molecule has 0 amide bonds. The van der Waals surface area contributed by atoms with Gasteiger partial charge in [-0.25, -0.2) is 8.78 Å². The van der Waals surface area contributed by atoms with E-state index >= 15 is 0 Å². The van der Waals surface area contributed by atoms with Crippen LogP contribution in [0.25, 0.3) is 11.4 Å². The molecule has 8 heteroatoms. The van der Waals surface area contributed by atoms with E-state index in [1.54, 1.807) is 41.8 Å². The Morgan fingerprint density at radius 3 is 2.25 bits per heavy atom. The van der Waals surface area contributed by atoms with Crippen LogP contribution in [-0.2, 0) is 7.05 Å². The van der Waals surface area contributed by atoms with E-state index < -0.39 is 5.82 Å². The molecule has 0 N–H and O–H groups in total. The first kappa shape index (κ1) is 18.2. The highest BCUT2D eigenvalue weighted by molar-refractivity contribution is 6.33. The maximum absolute atomic E-state index is 13.2. The van der Waals surface area contributed by atoms with Gasteiger partial charge in [0.25, 0.3) is 0 Å². The summed E-state index contributed by atoms with van der Waals surface area (Å²) >= 11 is 6.08. The second kappa shape index (κ2) is 7.15. The fourth-order valence-electron chi connectivity index (χ4n) is 2.30. The highest BCUT2D eigenvalue weighted by Gasteiger charge is 2.17. The molecule has 3 rings (SSSR count). The van der Waals surface area contributed by atoms with Crippen LogP contribution >= 0.6 is 24.0 Å². The lowest BCUT2D eigenvalue weighted by atomic mass is 10.2. The van der Waals surface area contributed by atoms with Gasteiger partial charge in [-0.15, -0.1) is 22.6 Å². The topological polar surface area (TPSA) is 34.0 Å². The number of hydrogen-bond donors (Lipinski definition) is 0. The third kappa shape index (κ3) is 3.34. The molecule has 0 bridgehead atoms. The summed E-state index contributed by atoms with van der Waals surface area (Å²) < 4.78 is 28.0. The van der Waals surface area contributed by atoms with E-state index in [0.29, 0.717) is 17.3 Å². The molecule has 3 aromatic rings. The van der Waals surface area contributed by atoms with Crippen molar-refractivity contribution in [1.29, 1.82) is 0 Å². The van der Waals surface area contributed by atoms with Crippen LogP contribution in [0.5, 0.6) is 0 Å². The number of benzene rings is 2. The Morgan fingerprint density at radius 2 is 1.62 bits per heavy atom. The van der Waals surface area contributed by atoms with Crippen LogP contribution in [0.1, 0.15) is 0 Å². The van der Waals surface area contributed by atoms with Crippen molar-refractivity contribution in [3.8, 4) is 11.4 Å². The van der Waals surface area contributed by atoms with Crippen LogP contribution in [0.3, 0.4) is 0 Å². The summed E-state index contributed by atoms with van der Waals surface area (Å²) in [5, 5.41) is 8.54. The van der Waals surface area contributed by atoms with Gasteiger partial charge in [0.15, 0.2) is 5.82 Å². The fourth-order valence-corrected chi connectivity index (χ4v) is 2.55. The number of nitrogens with zero attached hydrogens (tertiary/aromatic N) is 4. The van der Waals surface area contributed by atoms with Crippen LogP contribution < -0.4 is 4.90 Å². The van der Waals surface area contributed by atoms with Crippen LogP contribution in [0.4, 0.5) is 20.4 Å². The standard InChI is InChI=1S/C16H13ClF2N4.ClH/c1-22(12-6-3-10(18)4-7-12)16-21-20-15(23(16)2)13-8-5-11(19)9-14(13)17;/h3-9H,1-2H3;1H. The lowest BCUT2D eigenvalue weighted by molar-refractivity contribution is 0.627. The maximum Gasteiger partial charge on any atom is 0.231 e. The van der Waals surface area contributed by atoms with Gasteiger partial charge in [0.1, 0.15) is 11.6 Å². The smallest absolute Gasteiger partial charge is 0.231 e. The van der Waals surface area contributed by atoms with Crippen molar-refractivity contribution in [2.75, 3.05) is 11.9 Å². The zero-order valence-electron chi connectivity index (χ0n) is 12.9. The molecule has 0 aliphatic heterocycles. The van der Waals surface area contributed by atoms with Gasteiger partial charge >= 0.3 is 0 Å². The van der Waals surface area contributed by atoms with Crippen LogP contribution in [0.2, 0.25) is 5.02 Å². The Hall–Kier alpha value is -2.18. The summed E-state index contributed by atoms with van der Waals surface area (Å²) in [6.07, 6.45) is 0. The molecule has 0 spiro atoms. The van der Waals surface area contributed by atoms with Crippen LogP contribution in [-0.4, -0.2) is 21.8 Å². The molecular formula is C16H14Cl2F2N4. The third-order valence-corrected chi connectivity index (χ3v) is 3.85. The SMILES string of the molecule is CN(c1ccc(F)cc1)c1nnc(-c2ccc(F)cc2Cl)n1C.Cl. The molecular weight excluding hydrogens is 357 g/mol. The molecule has 0 unspecified atom stereocenters. The summed E-state index contributed by atoms with van der Waals surface area (Å²) in [7, 11) is 3.58. The van der Waals surface area contributed by atoms with E-state index in [2.05, 4.69) is 10.2 Å². The molecule has 0 radical (unpaired) electrons. The highest BCUT2D eigenvalue weighted by Crippen LogP contribution is 2.30. The number of halogens is 4. The number of hydrogen-bond acceptors (Lipinski definition) is 3. The molecule has 0 fully saturated rings. The molecule has 4 nitrogen and oxygen atoms in total. The monoisotopic (exact) mass is 370 g/mol. The van der Waals surface area contributed by atoms with Gasteiger partial charge in [0.2, 0.25) is 5.95 Å². The van der Waals surface area contributed by atoms with E-state index in [1.165, 1.54) is 24.3 Å². The third-order valence-electron chi connectivity index (χ3n) is 3.54. The van der Waals surface area contributed by atoms with Crippen molar-refractivity contribution < 1.29 is 8.78 Å². The highest BCUT2D eigenvalue weighted by atomic mass is 35.5. The predicted octanol–water partition coefficient (Wildman–Crippen LogP) is 4.60. The Kier molecular flexibility index (Phi) is 5.41. The van der Waals surface area contributed by atoms with Crippen LogP contribution in [0, 0.1) is 11.6 Å². The normalized spacial score (nSPS) is 10.4. The van der Waals surface area contributed by atoms with Crippen LogP contribution in [0.15, 0.2) is 42.5 Å². The summed E-state index contributed by atoms with van der Waals surface area (Å²) in [4.78, 5) is 1.77. The quantitative estimate of drug-likeness (QED) is 0.675. The minimum Gasteiger partial charge on any atom is -0.314 e. The molecule has 24 heavy (non-hydrogen) atoms. The van der Waals surface area contributed by atoms with Gasteiger partial charge in [-0.1, -0.05) is 11.6 Å². The molecule has 126 valence electrons. The molecule has 0 aliphatic rings. The van der Waals surface area contributed by atoms with E-state index in [1.807, 2.05) is 0 Å². The van der Waals surface area contributed by atoms with E-state index in [9.17, 15) is 8.78 Å². The first-order valence-corrected chi connectivity index (χ1v) is 7.19. The second-order valence-corrected chi connectivity index (χ2v) is 5.45. The van der Waals surface area contributed by atoms with Crippen molar-refractivity contribution in [3.05, 3.63) is 59.1 Å². The molecule has 0 aliphatic carbocycles. The minimum atomic E-state index is -0.412. The molecule has 0 atom stereocenters. The van der Waals surface area contributed by atoms with E-state index in [0.717, 1.165) is 5.69 Å². The van der Waals surface area contributed by atoms with Crippen molar-refractivity contribution in [3.63, 3.8) is 0 Å². The summed E-state index contributed by atoms with van der Waals surface area (Å²) in [5.74, 6) is 0.342. The van der Waals surface area contributed by atoms with Gasteiger partial charge in [0, 0.05) is 25.3 Å². The second-order valence-electron chi connectivity index (χ2n) is 5.04. The largest absolute Gasteiger partial charge is 0.314 e. The van der Waals surface area contributed by atoms with Gasteiger partial charge in [-0.3, -0.25) is 4.57 Å². The van der Waals surface area contributed by atoms with E-state index in [4.69, 9.17) is 11.6 Å². The lowest BCUT2D eigenvalue weighted by Crippen LogP contribution is -2.14. The van der Waals surface area contributed by atoms with Gasteiger partial charge < -0.3 is 4.90 Å². The first-order valence-electron chi connectivity index (χ1n) is 6.81. The molecule has 2 aromatic carbocycles. The molecule has 1 heterocycles. The number of anilines is 2. The molecule has 0 saturated carbocycles. The average molecular weight is 371 g/mol. The first-order chi connectivity index (χ1) is 11.0. The molecule has 1 aromatic heterocycles. The Balaban J connectivity index is 0.00000208. The predicted molar refractivity (Wildman–Crippen MR) is 93.1 cm³/mol. The summed E-state index contributed by atoms with van der Waals surface area (Å²) in [5.41, 5.74) is 1.35. The Morgan fingerprint density at radius 1 is 1.00 bits per heavy atom. The number of aromatic nitrogens is 3. The zero-order chi connectivity index (χ0) is 16.6. The summed E-state index contributed by atoms with van der Waals surface area (Å²) in [6, 6.07) is 10.2. The number of rotatable bonds is 3. The Bertz CT molecular complexity index is 850. The van der Waals surface area contributed by atoms with Gasteiger partial charge in [0.05, 0.1) is 5.02 Å². The lowest BCUT2D eigenvalue weighted by Gasteiger charge is -2.18. The van der Waals surface area contributed by atoms with Gasteiger partial charge in [-0.2, -0.15) is 0 Å². The van der Waals surface area contributed by atoms with Crippen molar-refractivity contribution in [2.45, 2.75) is 0 Å². The minimum absolute atomic E-state index is 0. The zero-order valence-corrected chi connectivity index (χ0v) is 14.4. The summed E-state index contributed by atoms with van der Waals surface area (Å²) in [6.45, 7) is 0.